The van der Waals surface area contributed by atoms with Gasteiger partial charge in [-0.1, -0.05) is 65.8 Å². The SMILES string of the molecule is CC(C)(C)c1cc2c3c(c1)c(=O)c(=O)c1cc(-c4ccccc4C(C)(C)C)cc(c1-3)c(=O)c2=O. The highest BCUT2D eigenvalue weighted by Crippen LogP contribution is 2.40. The van der Waals surface area contributed by atoms with Gasteiger partial charge < -0.3 is 0 Å². The topological polar surface area (TPSA) is 68.3 Å². The van der Waals surface area contributed by atoms with Crippen LogP contribution in [0.25, 0.3) is 43.8 Å². The fourth-order valence-corrected chi connectivity index (χ4v) is 5.01. The van der Waals surface area contributed by atoms with E-state index in [-0.39, 0.29) is 32.4 Å². The molecule has 0 N–H and O–H groups in total. The van der Waals surface area contributed by atoms with E-state index < -0.39 is 21.7 Å². The third-order valence-electron chi connectivity index (χ3n) is 6.83. The van der Waals surface area contributed by atoms with Crippen LogP contribution >= 0.6 is 0 Å². The molecule has 0 aromatic heterocycles. The zero-order chi connectivity index (χ0) is 24.7. The minimum atomic E-state index is -0.641. The summed E-state index contributed by atoms with van der Waals surface area (Å²) in [5, 5.41) is 0.813. The monoisotopic (exact) mass is 450 g/mol. The molecule has 0 aliphatic heterocycles. The van der Waals surface area contributed by atoms with Gasteiger partial charge in [0.15, 0.2) is 0 Å². The van der Waals surface area contributed by atoms with Gasteiger partial charge >= 0.3 is 0 Å². The summed E-state index contributed by atoms with van der Waals surface area (Å²) in [5.74, 6) is 0. The molecule has 3 aromatic rings. The Morgan fingerprint density at radius 3 is 1.35 bits per heavy atom. The van der Waals surface area contributed by atoms with E-state index in [1.165, 1.54) is 0 Å². The number of hydrogen-bond donors (Lipinski definition) is 0. The third kappa shape index (κ3) is 3.05. The first-order valence-corrected chi connectivity index (χ1v) is 11.5. The van der Waals surface area contributed by atoms with E-state index in [1.807, 2.05) is 45.0 Å². The van der Waals surface area contributed by atoms with E-state index in [0.29, 0.717) is 16.7 Å². The van der Waals surface area contributed by atoms with Crippen LogP contribution in [0.5, 0.6) is 0 Å². The van der Waals surface area contributed by atoms with Crippen molar-refractivity contribution in [2.75, 3.05) is 0 Å². The van der Waals surface area contributed by atoms with Crippen molar-refractivity contribution in [3.05, 3.63) is 101 Å². The van der Waals surface area contributed by atoms with Gasteiger partial charge in [-0.25, -0.2) is 0 Å². The van der Waals surface area contributed by atoms with Gasteiger partial charge in [0.25, 0.3) is 0 Å². The minimum Gasteiger partial charge on any atom is -0.285 e. The van der Waals surface area contributed by atoms with E-state index in [2.05, 4.69) is 20.8 Å². The summed E-state index contributed by atoms with van der Waals surface area (Å²) in [5.41, 5.74) is 1.04. The molecule has 4 nitrogen and oxygen atoms in total. The smallest absolute Gasteiger partial charge is 0.234 e. The quantitative estimate of drug-likeness (QED) is 0.263. The Bertz CT molecular complexity index is 1690. The minimum absolute atomic E-state index is 0.188. The van der Waals surface area contributed by atoms with Gasteiger partial charge in [-0.2, -0.15) is 0 Å². The average molecular weight is 451 g/mol. The molecule has 0 heterocycles. The molecule has 0 atom stereocenters. The highest BCUT2D eigenvalue weighted by atomic mass is 16.2. The number of hydrogen-bond acceptors (Lipinski definition) is 4. The maximum absolute atomic E-state index is 13.3. The summed E-state index contributed by atoms with van der Waals surface area (Å²) in [4.78, 5) is 53.2. The predicted molar refractivity (Wildman–Crippen MR) is 140 cm³/mol. The zero-order valence-electron chi connectivity index (χ0n) is 20.3. The van der Waals surface area contributed by atoms with Crippen molar-refractivity contribution in [2.45, 2.75) is 52.4 Å². The second-order valence-corrected chi connectivity index (χ2v) is 11.3. The van der Waals surface area contributed by atoms with Crippen LogP contribution in [0.15, 0.2) is 67.7 Å². The van der Waals surface area contributed by atoms with Gasteiger partial charge in [-0.05, 0) is 57.3 Å². The van der Waals surface area contributed by atoms with Gasteiger partial charge in [-0.3, -0.25) is 19.2 Å². The van der Waals surface area contributed by atoms with Crippen molar-refractivity contribution in [1.29, 1.82) is 0 Å². The van der Waals surface area contributed by atoms with Crippen molar-refractivity contribution in [1.82, 2.24) is 0 Å². The fraction of sp³-hybridized carbons (Fsp3) is 0.267. The molecule has 0 unspecified atom stereocenters. The van der Waals surface area contributed by atoms with E-state index in [4.69, 9.17) is 0 Å². The van der Waals surface area contributed by atoms with Gasteiger partial charge in [0.05, 0.1) is 0 Å². The highest BCUT2D eigenvalue weighted by Gasteiger charge is 2.28. The largest absolute Gasteiger partial charge is 0.285 e. The van der Waals surface area contributed by atoms with E-state index in [9.17, 15) is 19.2 Å². The molecule has 2 aliphatic carbocycles. The van der Waals surface area contributed by atoms with Gasteiger partial charge in [0.1, 0.15) is 0 Å². The van der Waals surface area contributed by atoms with Crippen molar-refractivity contribution in [3.63, 3.8) is 0 Å². The van der Waals surface area contributed by atoms with Gasteiger partial charge in [0.2, 0.25) is 21.7 Å². The number of rotatable bonds is 1. The fourth-order valence-electron chi connectivity index (χ4n) is 5.01. The second-order valence-electron chi connectivity index (χ2n) is 11.3. The third-order valence-corrected chi connectivity index (χ3v) is 6.83. The van der Waals surface area contributed by atoms with Crippen LogP contribution in [0.3, 0.4) is 0 Å². The molecule has 0 saturated heterocycles. The number of benzene rings is 5. The van der Waals surface area contributed by atoms with Crippen molar-refractivity contribution < 1.29 is 0 Å². The summed E-state index contributed by atoms with van der Waals surface area (Å²) in [6, 6.07) is 14.6. The molecular weight excluding hydrogens is 424 g/mol. The lowest BCUT2D eigenvalue weighted by atomic mass is 9.78. The molecule has 5 rings (SSSR count). The maximum atomic E-state index is 13.3. The molecule has 34 heavy (non-hydrogen) atoms. The van der Waals surface area contributed by atoms with E-state index in [0.717, 1.165) is 16.7 Å². The first-order valence-electron chi connectivity index (χ1n) is 11.5. The maximum Gasteiger partial charge on any atom is 0.234 e. The molecule has 4 heteroatoms. The summed E-state index contributed by atoms with van der Waals surface area (Å²) < 4.78 is 0. The molecule has 0 fully saturated rings. The predicted octanol–water partition coefficient (Wildman–Crippen LogP) is 5.11. The Morgan fingerprint density at radius 1 is 0.529 bits per heavy atom. The zero-order valence-corrected chi connectivity index (χ0v) is 20.3. The summed E-state index contributed by atoms with van der Waals surface area (Å²) in [6.07, 6.45) is 0. The Labute approximate surface area is 196 Å². The van der Waals surface area contributed by atoms with Crippen LogP contribution in [-0.2, 0) is 10.8 Å². The Kier molecular flexibility index (Phi) is 4.51. The first-order chi connectivity index (χ1) is 15.8. The highest BCUT2D eigenvalue weighted by molar-refractivity contribution is 6.12. The molecular formula is C30H26O4. The lowest BCUT2D eigenvalue weighted by Crippen LogP contribution is -2.32. The van der Waals surface area contributed by atoms with Gasteiger partial charge in [-0.15, -0.1) is 0 Å². The van der Waals surface area contributed by atoms with E-state index >= 15 is 0 Å². The van der Waals surface area contributed by atoms with Crippen molar-refractivity contribution in [3.8, 4) is 22.3 Å². The molecule has 0 amide bonds. The average Bonchev–Trinajstić information content (AvgIpc) is 2.78. The van der Waals surface area contributed by atoms with Crippen LogP contribution in [0.1, 0.15) is 52.7 Å². The van der Waals surface area contributed by atoms with Crippen LogP contribution in [0.4, 0.5) is 0 Å². The van der Waals surface area contributed by atoms with Crippen LogP contribution in [0, 0.1) is 0 Å². The molecule has 0 radical (unpaired) electrons. The van der Waals surface area contributed by atoms with E-state index in [1.54, 1.807) is 24.3 Å². The normalized spacial score (nSPS) is 12.9. The standard InChI is InChI=1S/C30H26O4/c1-29(2,3)16-13-20-24-21(14-16)28(34)26(32)19-12-15(11-18(23(19)24)25(31)27(20)33)17-9-7-8-10-22(17)30(4,5)6/h7-14H,1-6H3. The molecule has 0 bridgehead atoms. The molecule has 2 aliphatic rings. The molecule has 0 spiro atoms. The first kappa shape index (κ1) is 22.1. The molecule has 170 valence electrons. The van der Waals surface area contributed by atoms with Crippen LogP contribution in [-0.4, -0.2) is 0 Å². The van der Waals surface area contributed by atoms with Crippen molar-refractivity contribution in [2.24, 2.45) is 0 Å². The Balaban J connectivity index is 2.02. The Morgan fingerprint density at radius 2 is 0.941 bits per heavy atom. The van der Waals surface area contributed by atoms with Crippen LogP contribution < -0.4 is 21.7 Å². The Hall–Kier alpha value is -3.66. The summed E-state index contributed by atoms with van der Waals surface area (Å²) in [6.45, 7) is 12.2. The van der Waals surface area contributed by atoms with Gasteiger partial charge in [0, 0.05) is 32.7 Å². The molecule has 0 saturated carbocycles. The van der Waals surface area contributed by atoms with Crippen molar-refractivity contribution >= 4 is 21.5 Å². The van der Waals surface area contributed by atoms with Crippen LogP contribution in [0.2, 0.25) is 0 Å². The molecule has 3 aromatic carbocycles. The lowest BCUT2D eigenvalue weighted by Gasteiger charge is -2.24. The second kappa shape index (κ2) is 6.92. The summed E-state index contributed by atoms with van der Waals surface area (Å²) >= 11 is 0. The summed E-state index contributed by atoms with van der Waals surface area (Å²) in [7, 11) is 0. The lowest BCUT2D eigenvalue weighted by molar-refractivity contribution is 0.591.